The number of ether oxygens (including phenoxy) is 1. The summed E-state index contributed by atoms with van der Waals surface area (Å²) >= 11 is 5.69. The number of amides is 6. The van der Waals surface area contributed by atoms with Gasteiger partial charge < -0.3 is 71.6 Å². The number of phenolic OH excluding ortho intramolecular Hbond substituents is 2. The van der Waals surface area contributed by atoms with E-state index in [0.29, 0.717) is 89.8 Å². The average Bonchev–Trinajstić information content (AvgIpc) is 1.25. The Balaban J connectivity index is 0.911. The summed E-state index contributed by atoms with van der Waals surface area (Å²) in [5, 5.41) is 51.5. The van der Waals surface area contributed by atoms with Crippen molar-refractivity contribution < 1.29 is 53.6 Å². The Hall–Kier alpha value is -8.44. The Morgan fingerprint density at radius 1 is 0.677 bits per heavy atom. The number of likely N-dealkylation sites (tertiary alicyclic amines) is 2. The van der Waals surface area contributed by atoms with E-state index in [1.807, 2.05) is 96.1 Å². The van der Waals surface area contributed by atoms with Crippen LogP contribution in [0, 0.1) is 5.41 Å². The van der Waals surface area contributed by atoms with Crippen molar-refractivity contribution in [3.05, 3.63) is 149 Å². The number of aliphatic hydroxyl groups is 1. The van der Waals surface area contributed by atoms with Crippen LogP contribution < -0.4 is 36.6 Å². The minimum Gasteiger partial charge on any atom is -0.508 e. The zero-order valence-corrected chi connectivity index (χ0v) is 55.4. The van der Waals surface area contributed by atoms with Crippen molar-refractivity contribution in [1.82, 2.24) is 46.2 Å². The lowest BCUT2D eigenvalue weighted by molar-refractivity contribution is -0.142. The second-order valence-electron chi connectivity index (χ2n) is 25.7. The van der Waals surface area contributed by atoms with Crippen LogP contribution in [0.2, 0.25) is 0 Å². The van der Waals surface area contributed by atoms with E-state index < -0.39 is 35.2 Å². The Morgan fingerprint density at radius 2 is 1.17 bits per heavy atom. The van der Waals surface area contributed by atoms with E-state index in [9.17, 15) is 48.9 Å². The van der Waals surface area contributed by atoms with Crippen LogP contribution in [-0.2, 0) is 47.2 Å². The van der Waals surface area contributed by atoms with Crippen molar-refractivity contribution in [1.29, 1.82) is 0 Å². The number of hydrogen-bond donors (Lipinski definition) is 9. The first-order valence-electron chi connectivity index (χ1n) is 32.4. The summed E-state index contributed by atoms with van der Waals surface area (Å²) in [7, 11) is 3.36. The van der Waals surface area contributed by atoms with Gasteiger partial charge in [0.05, 0.1) is 12.1 Å². The second-order valence-corrected chi connectivity index (χ2v) is 26.1. The Kier molecular flexibility index (Phi) is 24.5. The molecule has 21 nitrogen and oxygen atoms in total. The molecule has 5 aromatic rings. The number of anilines is 1. The number of hydrogen-bond acceptors (Lipinski definition) is 14. The molecule has 9 N–H and O–H groups in total. The summed E-state index contributed by atoms with van der Waals surface area (Å²) in [5.74, 6) is -1.24. The minimum atomic E-state index is -1.92. The van der Waals surface area contributed by atoms with Crippen LogP contribution in [0.15, 0.2) is 115 Å². The van der Waals surface area contributed by atoms with Gasteiger partial charge in [0, 0.05) is 111 Å². The molecule has 3 aliphatic rings. The zero-order chi connectivity index (χ0) is 67.0. The highest BCUT2D eigenvalue weighted by Gasteiger charge is 2.45. The summed E-state index contributed by atoms with van der Waals surface area (Å²) in [6.45, 7) is 11.9. The predicted molar refractivity (Wildman–Crippen MR) is 361 cm³/mol. The van der Waals surface area contributed by atoms with Crippen molar-refractivity contribution in [3.8, 4) is 23.0 Å². The van der Waals surface area contributed by atoms with Crippen LogP contribution in [-0.4, -0.2) is 178 Å². The number of aldehydes is 1. The van der Waals surface area contributed by atoms with Crippen LogP contribution in [0.4, 0.5) is 5.69 Å². The van der Waals surface area contributed by atoms with E-state index in [-0.39, 0.29) is 130 Å². The molecular weight excluding hydrogens is 1200 g/mol. The number of nitrogens with one attached hydrogen (secondary N) is 6. The molecule has 0 radical (unpaired) electrons. The first-order valence-corrected chi connectivity index (χ1v) is 32.8. The number of carbonyl (C=O) groups is 7. The Labute approximate surface area is 551 Å². The smallest absolute Gasteiger partial charge is 0.246 e. The SMILES string of the molecule is CN[C@@H](C)C(=O)N[C@@H](CCCNC(=S)Nc1ccc(C2(O)c3ccc(O)cc3Oc3cc(O)ccc32)c(C=O)c1)C(=O)N1CCC[C@H]1CN(CCc1ccccc1)C(=O)CCCC(=O)N(CCc1ccccc1)C[C@@H]1CCCN1C(=O)[C@@H](NC(=O)[C@H](C)NC)C(C)(C)C. The molecule has 6 amide bonds. The predicted octanol–water partition coefficient (Wildman–Crippen LogP) is 6.89. The van der Waals surface area contributed by atoms with Crippen LogP contribution in [0.3, 0.4) is 0 Å². The molecule has 2 saturated heterocycles. The fourth-order valence-electron chi connectivity index (χ4n) is 12.5. The molecule has 0 bridgehead atoms. The highest BCUT2D eigenvalue weighted by atomic mass is 32.1. The normalized spacial score (nSPS) is 16.9. The fourth-order valence-corrected chi connectivity index (χ4v) is 12.7. The van der Waals surface area contributed by atoms with Gasteiger partial charge in [-0.3, -0.25) is 33.6 Å². The first-order chi connectivity index (χ1) is 44.5. The number of rotatable bonds is 29. The molecule has 0 saturated carbocycles. The van der Waals surface area contributed by atoms with Crippen molar-refractivity contribution in [2.75, 3.05) is 65.2 Å². The maximum atomic E-state index is 14.9. The molecule has 22 heteroatoms. The topological polar surface area (TPSA) is 275 Å². The first kappa shape index (κ1) is 70.4. The average molecular weight is 1290 g/mol. The largest absolute Gasteiger partial charge is 0.508 e. The number of thiocarbonyl (C=S) groups is 1. The quantitative estimate of drug-likeness (QED) is 0.0134. The van der Waals surface area contributed by atoms with Crippen LogP contribution in [0.25, 0.3) is 0 Å². The standard InChI is InChI=1S/C71H92N10O11S/c1-46(72-6)65(87)76-59(24-15-35-74-69(93)75-51-27-30-56(50(40-51)45-82)71(91)57-31-28-54(83)41-60(57)92-61-42-55(84)29-32-58(61)71)67(89)80-36-16-22-52(80)43-78(38-33-48-18-10-8-11-19-48)62(85)25-14-26-63(86)79(39-34-49-20-12-9-13-21-49)44-53-23-17-37-81(53)68(90)64(70(3,4)5)77-66(88)47(2)73-7/h8-13,18-21,27-32,40-42,45-47,52-53,59,64,72-73,83-84,91H,14-17,22-26,33-39,43-44H2,1-7H3,(H,76,87)(H,77,88)(H2,74,75,93)/t46-,47-,52-,53-,59-,64+/m0/s1. The van der Waals surface area contributed by atoms with Gasteiger partial charge in [-0.15, -0.1) is 0 Å². The lowest BCUT2D eigenvalue weighted by Crippen LogP contribution is -2.59. The van der Waals surface area contributed by atoms with Crippen LogP contribution in [0.5, 0.6) is 23.0 Å². The van der Waals surface area contributed by atoms with Gasteiger partial charge in [0.25, 0.3) is 0 Å². The number of likely N-dealkylation sites (N-methyl/N-ethyl adjacent to an activating group) is 2. The van der Waals surface area contributed by atoms with Crippen LogP contribution >= 0.6 is 12.2 Å². The molecule has 0 aromatic heterocycles. The lowest BCUT2D eigenvalue weighted by Gasteiger charge is -2.37. The summed E-state index contributed by atoms with van der Waals surface area (Å²) < 4.78 is 5.97. The van der Waals surface area contributed by atoms with Crippen molar-refractivity contribution >= 4 is 64.7 Å². The summed E-state index contributed by atoms with van der Waals surface area (Å²) in [6.07, 6.45) is 5.72. The minimum absolute atomic E-state index is 0.0936. The van der Waals surface area contributed by atoms with E-state index >= 15 is 0 Å². The monoisotopic (exact) mass is 1290 g/mol. The van der Waals surface area contributed by atoms with Gasteiger partial charge >= 0.3 is 0 Å². The molecule has 0 aliphatic carbocycles. The molecule has 5 aromatic carbocycles. The van der Waals surface area contributed by atoms with E-state index in [1.165, 1.54) is 36.4 Å². The second kappa shape index (κ2) is 32.4. The van der Waals surface area contributed by atoms with E-state index in [2.05, 4.69) is 31.9 Å². The van der Waals surface area contributed by atoms with Crippen LogP contribution in [0.1, 0.15) is 131 Å². The number of fused-ring (bicyclic) bond motifs is 2. The molecule has 6 atom stereocenters. The molecule has 0 unspecified atom stereocenters. The van der Waals surface area contributed by atoms with Gasteiger partial charge in [0.2, 0.25) is 35.4 Å². The van der Waals surface area contributed by atoms with E-state index in [1.54, 1.807) is 51.0 Å². The summed E-state index contributed by atoms with van der Waals surface area (Å²) in [5.41, 5.74) is 0.941. The summed E-state index contributed by atoms with van der Waals surface area (Å²) in [4.78, 5) is 105. The maximum Gasteiger partial charge on any atom is 0.246 e. The van der Waals surface area contributed by atoms with Gasteiger partial charge in [-0.25, -0.2) is 0 Å². The Morgan fingerprint density at radius 3 is 1.67 bits per heavy atom. The van der Waals surface area contributed by atoms with Crippen molar-refractivity contribution in [2.45, 2.75) is 147 Å². The van der Waals surface area contributed by atoms with Gasteiger partial charge in [-0.1, -0.05) is 87.5 Å². The molecule has 3 aliphatic heterocycles. The lowest BCUT2D eigenvalue weighted by atomic mass is 9.76. The molecule has 3 heterocycles. The third-order valence-corrected chi connectivity index (χ3v) is 18.3. The molecule has 2 fully saturated rings. The third-order valence-electron chi connectivity index (χ3n) is 18.1. The van der Waals surface area contributed by atoms with Crippen molar-refractivity contribution in [3.63, 3.8) is 0 Å². The highest BCUT2D eigenvalue weighted by molar-refractivity contribution is 7.80. The molecule has 498 valence electrons. The van der Waals surface area contributed by atoms with Gasteiger partial charge in [-0.05, 0) is 151 Å². The Bertz CT molecular complexity index is 3390. The number of nitrogens with zero attached hydrogens (tertiary/aromatic N) is 4. The van der Waals surface area contributed by atoms with Gasteiger partial charge in [0.15, 0.2) is 11.4 Å². The number of phenols is 2. The van der Waals surface area contributed by atoms with Gasteiger partial charge in [-0.2, -0.15) is 0 Å². The number of benzene rings is 5. The number of aromatic hydroxyl groups is 2. The third kappa shape index (κ3) is 18.0. The molecular formula is C71H92N10O11S. The van der Waals surface area contributed by atoms with Gasteiger partial charge in [0.1, 0.15) is 40.7 Å². The van der Waals surface area contributed by atoms with E-state index in [0.717, 1.165) is 17.5 Å². The van der Waals surface area contributed by atoms with E-state index in [4.69, 9.17) is 17.0 Å². The fraction of sp³-hybridized carbons (Fsp3) is 0.465. The summed E-state index contributed by atoms with van der Waals surface area (Å²) in [6, 6.07) is 29.7. The molecule has 0 spiro atoms. The highest BCUT2D eigenvalue weighted by Crippen LogP contribution is 2.52. The number of carbonyl (C=O) groups excluding carboxylic acids is 7. The zero-order valence-electron chi connectivity index (χ0n) is 54.5. The maximum absolute atomic E-state index is 14.9. The molecule has 8 rings (SSSR count). The molecule has 93 heavy (non-hydrogen) atoms. The van der Waals surface area contributed by atoms with Crippen molar-refractivity contribution in [2.24, 2.45) is 5.41 Å².